The molecule has 2 rings (SSSR count). The second-order valence-electron chi connectivity index (χ2n) is 4.37. The first-order valence-electron chi connectivity index (χ1n) is 6.35. The minimum absolute atomic E-state index is 0.215. The fourth-order valence-electron chi connectivity index (χ4n) is 1.93. The number of benzene rings is 1. The molecule has 1 aliphatic carbocycles. The van der Waals surface area contributed by atoms with Gasteiger partial charge in [-0.15, -0.1) is 5.73 Å². The van der Waals surface area contributed by atoms with Crippen LogP contribution >= 0.6 is 0 Å². The van der Waals surface area contributed by atoms with E-state index in [0.717, 1.165) is 24.0 Å². The van der Waals surface area contributed by atoms with Crippen molar-refractivity contribution in [3.05, 3.63) is 76.8 Å². The molecule has 1 N–H and O–H groups in total. The first kappa shape index (κ1) is 13.1. The average Bonchev–Trinajstić information content (AvgIpc) is 2.43. The van der Waals surface area contributed by atoms with E-state index in [4.69, 9.17) is 0 Å². The van der Waals surface area contributed by atoms with Crippen molar-refractivity contribution in [3.63, 3.8) is 0 Å². The van der Waals surface area contributed by atoms with Crippen molar-refractivity contribution in [2.24, 2.45) is 0 Å². The third-order valence-electron chi connectivity index (χ3n) is 3.00. The third-order valence-corrected chi connectivity index (χ3v) is 3.00. The summed E-state index contributed by atoms with van der Waals surface area (Å²) in [4.78, 5) is 11.4. The monoisotopic (exact) mass is 252 g/mol. The first-order chi connectivity index (χ1) is 9.20. The number of ketones is 1. The lowest BCUT2D eigenvalue weighted by molar-refractivity contribution is -0.113. The Bertz CT molecular complexity index is 597. The zero-order valence-electron chi connectivity index (χ0n) is 10.9. The van der Waals surface area contributed by atoms with Crippen LogP contribution in [-0.4, -0.2) is 10.9 Å². The van der Waals surface area contributed by atoms with Crippen LogP contribution in [0.4, 0.5) is 0 Å². The highest BCUT2D eigenvalue weighted by atomic mass is 16.3. The molecule has 0 spiro atoms. The van der Waals surface area contributed by atoms with Crippen LogP contribution in [0.25, 0.3) is 0 Å². The molecular formula is C17H16O2. The van der Waals surface area contributed by atoms with E-state index in [0.29, 0.717) is 0 Å². The van der Waals surface area contributed by atoms with Gasteiger partial charge in [-0.2, -0.15) is 0 Å². The Morgan fingerprint density at radius 2 is 1.95 bits per heavy atom. The van der Waals surface area contributed by atoms with Gasteiger partial charge >= 0.3 is 0 Å². The molecule has 1 aliphatic rings. The molecule has 0 fully saturated rings. The van der Waals surface area contributed by atoms with Crippen molar-refractivity contribution in [2.75, 3.05) is 0 Å². The Morgan fingerprint density at radius 3 is 2.63 bits per heavy atom. The molecule has 0 atom stereocenters. The molecule has 0 bridgehead atoms. The predicted octanol–water partition coefficient (Wildman–Crippen LogP) is 3.67. The summed E-state index contributed by atoms with van der Waals surface area (Å²) in [6.07, 6.45) is 6.42. The van der Waals surface area contributed by atoms with Crippen LogP contribution in [0.1, 0.15) is 18.9 Å². The Hall–Kier alpha value is -2.31. The quantitative estimate of drug-likeness (QED) is 0.833. The van der Waals surface area contributed by atoms with E-state index in [1.807, 2.05) is 31.2 Å². The van der Waals surface area contributed by atoms with E-state index >= 15 is 0 Å². The standard InChI is InChI=1S/C17H16O2/c1-2-14-11-16(18)17(19)12-15(14)10-6-9-13-7-4-3-5-8-13/h3-8,11-12,19H,2,9H2,1H3. The van der Waals surface area contributed by atoms with E-state index in [1.54, 1.807) is 0 Å². The van der Waals surface area contributed by atoms with E-state index in [1.165, 1.54) is 17.7 Å². The summed E-state index contributed by atoms with van der Waals surface area (Å²) in [7, 11) is 0. The number of allylic oxidation sites excluding steroid dienone is 4. The Kier molecular flexibility index (Phi) is 4.17. The largest absolute Gasteiger partial charge is 0.504 e. The van der Waals surface area contributed by atoms with Crippen molar-refractivity contribution in [2.45, 2.75) is 19.8 Å². The number of aliphatic hydroxyl groups excluding tert-OH is 1. The van der Waals surface area contributed by atoms with Crippen LogP contribution in [0.15, 0.2) is 71.2 Å². The predicted molar refractivity (Wildman–Crippen MR) is 75.8 cm³/mol. The Morgan fingerprint density at radius 1 is 1.21 bits per heavy atom. The normalized spacial score (nSPS) is 14.6. The summed E-state index contributed by atoms with van der Waals surface area (Å²) >= 11 is 0. The zero-order valence-corrected chi connectivity index (χ0v) is 10.9. The topological polar surface area (TPSA) is 37.3 Å². The van der Waals surface area contributed by atoms with E-state index in [-0.39, 0.29) is 11.5 Å². The highest BCUT2D eigenvalue weighted by Gasteiger charge is 2.14. The van der Waals surface area contributed by atoms with Crippen LogP contribution < -0.4 is 0 Å². The van der Waals surface area contributed by atoms with E-state index in [9.17, 15) is 9.90 Å². The smallest absolute Gasteiger partial charge is 0.220 e. The molecule has 0 unspecified atom stereocenters. The lowest BCUT2D eigenvalue weighted by Crippen LogP contribution is -2.06. The molecule has 0 saturated heterocycles. The van der Waals surface area contributed by atoms with E-state index in [2.05, 4.69) is 17.9 Å². The molecule has 0 aliphatic heterocycles. The molecule has 0 aromatic heterocycles. The number of aliphatic hydroxyl groups is 1. The summed E-state index contributed by atoms with van der Waals surface area (Å²) < 4.78 is 0. The lowest BCUT2D eigenvalue weighted by Gasteiger charge is -2.09. The molecule has 1 aromatic carbocycles. The lowest BCUT2D eigenvalue weighted by atomic mass is 9.96. The van der Waals surface area contributed by atoms with Gasteiger partial charge in [0.25, 0.3) is 0 Å². The Labute approximate surface area is 113 Å². The highest BCUT2D eigenvalue weighted by Crippen LogP contribution is 2.21. The van der Waals surface area contributed by atoms with Crippen LogP contribution in [-0.2, 0) is 11.2 Å². The molecule has 0 radical (unpaired) electrons. The molecule has 0 saturated carbocycles. The summed E-state index contributed by atoms with van der Waals surface area (Å²) in [5.41, 5.74) is 6.06. The number of rotatable bonds is 3. The molecular weight excluding hydrogens is 236 g/mol. The maximum Gasteiger partial charge on any atom is 0.220 e. The van der Waals surface area contributed by atoms with Gasteiger partial charge in [-0.05, 0) is 42.2 Å². The van der Waals surface area contributed by atoms with Crippen LogP contribution in [0.3, 0.4) is 0 Å². The number of hydrogen-bond donors (Lipinski definition) is 1. The van der Waals surface area contributed by atoms with Gasteiger partial charge in [0, 0.05) is 5.57 Å². The molecule has 19 heavy (non-hydrogen) atoms. The van der Waals surface area contributed by atoms with Gasteiger partial charge in [-0.25, -0.2) is 0 Å². The molecule has 2 heteroatoms. The second-order valence-corrected chi connectivity index (χ2v) is 4.37. The SMILES string of the molecule is CCC1=CC(=O)C(O)=CC1=C=CCc1ccccc1. The van der Waals surface area contributed by atoms with Crippen molar-refractivity contribution in [1.29, 1.82) is 0 Å². The highest BCUT2D eigenvalue weighted by molar-refractivity contribution is 6.05. The van der Waals surface area contributed by atoms with Crippen molar-refractivity contribution in [1.82, 2.24) is 0 Å². The number of hydrogen-bond acceptors (Lipinski definition) is 2. The van der Waals surface area contributed by atoms with Crippen molar-refractivity contribution < 1.29 is 9.90 Å². The first-order valence-corrected chi connectivity index (χ1v) is 6.35. The van der Waals surface area contributed by atoms with Gasteiger partial charge in [0.15, 0.2) is 5.76 Å². The molecule has 1 aromatic rings. The molecule has 0 amide bonds. The average molecular weight is 252 g/mol. The fourth-order valence-corrected chi connectivity index (χ4v) is 1.93. The molecule has 96 valence electrons. The molecule has 0 heterocycles. The van der Waals surface area contributed by atoms with Gasteiger partial charge < -0.3 is 5.11 Å². The maximum atomic E-state index is 11.4. The number of carbonyl (C=O) groups excluding carboxylic acids is 1. The Balaban J connectivity index is 2.22. The van der Waals surface area contributed by atoms with Gasteiger partial charge in [0.05, 0.1) is 0 Å². The summed E-state index contributed by atoms with van der Waals surface area (Å²) in [5, 5.41) is 9.47. The minimum atomic E-state index is -0.328. The zero-order chi connectivity index (χ0) is 13.7. The molecule has 2 nitrogen and oxygen atoms in total. The van der Waals surface area contributed by atoms with Crippen molar-refractivity contribution in [3.8, 4) is 0 Å². The van der Waals surface area contributed by atoms with Crippen LogP contribution in [0.5, 0.6) is 0 Å². The minimum Gasteiger partial charge on any atom is -0.504 e. The van der Waals surface area contributed by atoms with E-state index < -0.39 is 0 Å². The van der Waals surface area contributed by atoms with Crippen molar-refractivity contribution >= 4 is 5.78 Å². The van der Waals surface area contributed by atoms with Crippen LogP contribution in [0, 0.1) is 0 Å². The number of carbonyl (C=O) groups is 1. The van der Waals surface area contributed by atoms with Crippen LogP contribution in [0.2, 0.25) is 0 Å². The van der Waals surface area contributed by atoms with Gasteiger partial charge in [0.2, 0.25) is 5.78 Å². The van der Waals surface area contributed by atoms with Gasteiger partial charge in [-0.3, -0.25) is 4.79 Å². The van der Waals surface area contributed by atoms with Gasteiger partial charge in [0.1, 0.15) is 0 Å². The third kappa shape index (κ3) is 3.34. The summed E-state index contributed by atoms with van der Waals surface area (Å²) in [6, 6.07) is 10.1. The second kappa shape index (κ2) is 6.03. The maximum absolute atomic E-state index is 11.4. The summed E-state index contributed by atoms with van der Waals surface area (Å²) in [6.45, 7) is 1.98. The van der Waals surface area contributed by atoms with Gasteiger partial charge in [-0.1, -0.05) is 37.3 Å². The summed E-state index contributed by atoms with van der Waals surface area (Å²) in [5.74, 6) is -0.543. The fraction of sp³-hybridized carbons (Fsp3) is 0.176.